The molecule has 0 heterocycles. The second kappa shape index (κ2) is 6.10. The molecule has 2 aromatic carbocycles. The number of nitrogens with two attached hydrogens (primary N) is 1. The number of phenolic OH excluding ortho intramolecular Hbond substituents is 1. The minimum Gasteiger partial charge on any atom is -0.508 e. The Kier molecular flexibility index (Phi) is 4.25. The number of carbonyl (C=O) groups excluding carboxylic acids is 1. The van der Waals surface area contributed by atoms with Crippen molar-refractivity contribution in [2.24, 2.45) is 5.73 Å². The van der Waals surface area contributed by atoms with Crippen LogP contribution in [0.2, 0.25) is 0 Å². The first-order valence-corrected chi connectivity index (χ1v) is 6.48. The van der Waals surface area contributed by atoms with E-state index in [0.717, 1.165) is 17.5 Å². The van der Waals surface area contributed by atoms with Gasteiger partial charge < -0.3 is 15.6 Å². The van der Waals surface area contributed by atoms with E-state index in [1.54, 1.807) is 30.3 Å². The van der Waals surface area contributed by atoms with E-state index in [1.165, 1.54) is 0 Å². The molecule has 0 radical (unpaired) electrons. The summed E-state index contributed by atoms with van der Waals surface area (Å²) in [5.74, 6) is 0.135. The van der Waals surface area contributed by atoms with E-state index in [0.29, 0.717) is 17.9 Å². The first-order valence-electron chi connectivity index (χ1n) is 6.48. The van der Waals surface area contributed by atoms with Crippen LogP contribution in [-0.4, -0.2) is 17.6 Å². The fourth-order valence-electron chi connectivity index (χ4n) is 1.93. The molecule has 4 heteroatoms. The molecule has 0 aliphatic rings. The molecule has 2 rings (SSSR count). The molecule has 20 heavy (non-hydrogen) atoms. The second-order valence-corrected chi connectivity index (χ2v) is 4.47. The first-order chi connectivity index (χ1) is 9.61. The Morgan fingerprint density at radius 3 is 2.60 bits per heavy atom. The minimum absolute atomic E-state index is 0.175. The summed E-state index contributed by atoms with van der Waals surface area (Å²) in [6, 6.07) is 12.1. The van der Waals surface area contributed by atoms with Gasteiger partial charge in [-0.25, -0.2) is 0 Å². The number of amides is 1. The number of carbonyl (C=O) groups is 1. The van der Waals surface area contributed by atoms with Gasteiger partial charge in [0, 0.05) is 0 Å². The Balaban J connectivity index is 2.42. The molecule has 2 aromatic rings. The molecule has 3 N–H and O–H groups in total. The van der Waals surface area contributed by atoms with Crippen LogP contribution in [0, 0.1) is 0 Å². The van der Waals surface area contributed by atoms with Gasteiger partial charge >= 0.3 is 0 Å². The Morgan fingerprint density at radius 1 is 1.20 bits per heavy atom. The smallest absolute Gasteiger partial charge is 0.252 e. The lowest BCUT2D eigenvalue weighted by Gasteiger charge is -2.11. The highest BCUT2D eigenvalue weighted by Crippen LogP contribution is 2.28. The van der Waals surface area contributed by atoms with Crippen LogP contribution in [0.25, 0.3) is 11.1 Å². The third-order valence-corrected chi connectivity index (χ3v) is 2.89. The molecule has 4 nitrogen and oxygen atoms in total. The fourth-order valence-corrected chi connectivity index (χ4v) is 1.93. The molecule has 104 valence electrons. The molecule has 0 spiro atoms. The highest BCUT2D eigenvalue weighted by molar-refractivity contribution is 5.97. The number of phenols is 1. The Bertz CT molecular complexity index is 623. The maximum atomic E-state index is 11.5. The van der Waals surface area contributed by atoms with Gasteiger partial charge in [-0.2, -0.15) is 0 Å². The van der Waals surface area contributed by atoms with Crippen LogP contribution in [0.1, 0.15) is 23.7 Å². The third-order valence-electron chi connectivity index (χ3n) is 2.89. The van der Waals surface area contributed by atoms with Crippen LogP contribution in [-0.2, 0) is 0 Å². The maximum Gasteiger partial charge on any atom is 0.252 e. The van der Waals surface area contributed by atoms with E-state index in [-0.39, 0.29) is 5.75 Å². The number of benzene rings is 2. The summed E-state index contributed by atoms with van der Waals surface area (Å²) >= 11 is 0. The van der Waals surface area contributed by atoms with E-state index in [4.69, 9.17) is 10.5 Å². The van der Waals surface area contributed by atoms with Crippen molar-refractivity contribution in [3.63, 3.8) is 0 Å². The number of hydrogen-bond acceptors (Lipinski definition) is 3. The number of ether oxygens (including phenoxy) is 1. The predicted molar refractivity (Wildman–Crippen MR) is 77.8 cm³/mol. The molecule has 0 aromatic heterocycles. The van der Waals surface area contributed by atoms with Gasteiger partial charge in [0.2, 0.25) is 0 Å². The number of primary amides is 1. The van der Waals surface area contributed by atoms with Crippen LogP contribution in [0.4, 0.5) is 0 Å². The zero-order chi connectivity index (χ0) is 14.5. The zero-order valence-electron chi connectivity index (χ0n) is 11.3. The predicted octanol–water partition coefficient (Wildman–Crippen LogP) is 2.95. The summed E-state index contributed by atoms with van der Waals surface area (Å²) in [7, 11) is 0. The van der Waals surface area contributed by atoms with E-state index >= 15 is 0 Å². The van der Waals surface area contributed by atoms with Crippen molar-refractivity contribution in [1.82, 2.24) is 0 Å². The molecule has 0 aliphatic carbocycles. The van der Waals surface area contributed by atoms with Gasteiger partial charge in [0.15, 0.2) is 0 Å². The summed E-state index contributed by atoms with van der Waals surface area (Å²) in [5, 5.41) is 9.51. The molecule has 1 amide bonds. The standard InChI is InChI=1S/C16H17NO3/c1-2-8-20-15-7-6-12(10-14(15)16(17)19)11-4-3-5-13(18)9-11/h3-7,9-10,18H,2,8H2,1H3,(H2,17,19). The van der Waals surface area contributed by atoms with Crippen molar-refractivity contribution in [2.45, 2.75) is 13.3 Å². The first kappa shape index (κ1) is 13.9. The molecular formula is C16H17NO3. The maximum absolute atomic E-state index is 11.5. The van der Waals surface area contributed by atoms with Gasteiger partial charge in [-0.05, 0) is 41.8 Å². The molecule has 0 unspecified atom stereocenters. The lowest BCUT2D eigenvalue weighted by atomic mass is 10.0. The van der Waals surface area contributed by atoms with Gasteiger partial charge in [-0.15, -0.1) is 0 Å². The van der Waals surface area contributed by atoms with Gasteiger partial charge in [0.25, 0.3) is 5.91 Å². The van der Waals surface area contributed by atoms with Crippen molar-refractivity contribution in [1.29, 1.82) is 0 Å². The van der Waals surface area contributed by atoms with Crippen LogP contribution in [0.5, 0.6) is 11.5 Å². The van der Waals surface area contributed by atoms with E-state index in [1.807, 2.05) is 19.1 Å². The zero-order valence-corrected chi connectivity index (χ0v) is 11.3. The topological polar surface area (TPSA) is 72.6 Å². The van der Waals surface area contributed by atoms with Gasteiger partial charge in [-0.3, -0.25) is 4.79 Å². The fraction of sp³-hybridized carbons (Fsp3) is 0.188. The van der Waals surface area contributed by atoms with Crippen molar-refractivity contribution < 1.29 is 14.6 Å². The average Bonchev–Trinajstić information content (AvgIpc) is 2.44. The number of aromatic hydroxyl groups is 1. The highest BCUT2D eigenvalue weighted by Gasteiger charge is 2.11. The van der Waals surface area contributed by atoms with Gasteiger partial charge in [-0.1, -0.05) is 25.1 Å². The monoisotopic (exact) mass is 271 g/mol. The van der Waals surface area contributed by atoms with E-state index in [2.05, 4.69) is 0 Å². The van der Waals surface area contributed by atoms with Crippen LogP contribution in [0.3, 0.4) is 0 Å². The number of hydrogen-bond donors (Lipinski definition) is 2. The minimum atomic E-state index is -0.530. The molecule has 0 atom stereocenters. The summed E-state index contributed by atoms with van der Waals surface area (Å²) in [4.78, 5) is 11.5. The second-order valence-electron chi connectivity index (χ2n) is 4.47. The Labute approximate surface area is 117 Å². The van der Waals surface area contributed by atoms with Gasteiger partial charge in [0.05, 0.1) is 12.2 Å². The Hall–Kier alpha value is -2.49. The van der Waals surface area contributed by atoms with Gasteiger partial charge in [0.1, 0.15) is 11.5 Å². The van der Waals surface area contributed by atoms with Crippen molar-refractivity contribution in [2.75, 3.05) is 6.61 Å². The third kappa shape index (κ3) is 3.09. The lowest BCUT2D eigenvalue weighted by Crippen LogP contribution is -2.13. The molecule has 0 fully saturated rings. The summed E-state index contributed by atoms with van der Waals surface area (Å²) in [6.45, 7) is 2.52. The normalized spacial score (nSPS) is 10.2. The Morgan fingerprint density at radius 2 is 1.95 bits per heavy atom. The van der Waals surface area contributed by atoms with Crippen molar-refractivity contribution >= 4 is 5.91 Å². The number of rotatable bonds is 5. The van der Waals surface area contributed by atoms with Crippen LogP contribution < -0.4 is 10.5 Å². The summed E-state index contributed by atoms with van der Waals surface area (Å²) in [5.41, 5.74) is 7.36. The van der Waals surface area contributed by atoms with Crippen LogP contribution >= 0.6 is 0 Å². The molecule has 0 aliphatic heterocycles. The van der Waals surface area contributed by atoms with Crippen molar-refractivity contribution in [3.05, 3.63) is 48.0 Å². The van der Waals surface area contributed by atoms with E-state index < -0.39 is 5.91 Å². The van der Waals surface area contributed by atoms with E-state index in [9.17, 15) is 9.90 Å². The average molecular weight is 271 g/mol. The van der Waals surface area contributed by atoms with Crippen molar-refractivity contribution in [3.8, 4) is 22.6 Å². The molecular weight excluding hydrogens is 254 g/mol. The quantitative estimate of drug-likeness (QED) is 0.878. The molecule has 0 bridgehead atoms. The lowest BCUT2D eigenvalue weighted by molar-refractivity contribution is 0.0996. The molecule has 0 saturated carbocycles. The summed E-state index contributed by atoms with van der Waals surface area (Å²) in [6.07, 6.45) is 0.854. The summed E-state index contributed by atoms with van der Waals surface area (Å²) < 4.78 is 5.51. The highest BCUT2D eigenvalue weighted by atomic mass is 16.5. The largest absolute Gasteiger partial charge is 0.508 e. The van der Waals surface area contributed by atoms with Crippen LogP contribution in [0.15, 0.2) is 42.5 Å². The molecule has 0 saturated heterocycles. The SMILES string of the molecule is CCCOc1ccc(-c2cccc(O)c2)cc1C(N)=O.